The predicted molar refractivity (Wildman–Crippen MR) is 62.3 cm³/mol. The molecule has 0 bridgehead atoms. The summed E-state index contributed by atoms with van der Waals surface area (Å²) in [7, 11) is 0. The first-order valence-electron chi connectivity index (χ1n) is 5.80. The molecule has 0 aromatic carbocycles. The summed E-state index contributed by atoms with van der Waals surface area (Å²) in [5.41, 5.74) is -0.185. The van der Waals surface area contributed by atoms with Crippen LogP contribution in [0.5, 0.6) is 5.88 Å². The van der Waals surface area contributed by atoms with Gasteiger partial charge in [0.15, 0.2) is 0 Å². The Labute approximate surface area is 121 Å². The van der Waals surface area contributed by atoms with E-state index in [0.29, 0.717) is 6.42 Å². The Bertz CT molecular complexity index is 489. The van der Waals surface area contributed by atoms with E-state index in [2.05, 4.69) is 14.7 Å². The van der Waals surface area contributed by atoms with Crippen molar-refractivity contribution in [2.24, 2.45) is 0 Å². The van der Waals surface area contributed by atoms with Crippen LogP contribution in [0.15, 0.2) is 0 Å². The Morgan fingerprint density at radius 3 is 2.05 bits per heavy atom. The van der Waals surface area contributed by atoms with Gasteiger partial charge in [-0.05, 0) is 13.3 Å². The molecule has 0 radical (unpaired) electrons. The Hall–Kier alpha value is -1.25. The molecule has 0 saturated carbocycles. The second kappa shape index (κ2) is 6.25. The van der Waals surface area contributed by atoms with Gasteiger partial charge in [-0.25, -0.2) is 4.98 Å². The standard InChI is InChI=1S/C11H11ClF6N2O/c1-3-4-6-19-7(12)5(2)8(20-6)21-9(10(13,14)15)11(16,17)18/h9H,3-4H2,1-2H3. The fourth-order valence-corrected chi connectivity index (χ4v) is 1.57. The second-order valence-electron chi connectivity index (χ2n) is 4.19. The molecule has 1 aromatic heterocycles. The molecule has 1 heterocycles. The van der Waals surface area contributed by atoms with Crippen molar-refractivity contribution in [1.82, 2.24) is 9.97 Å². The van der Waals surface area contributed by atoms with Crippen LogP contribution in [0.2, 0.25) is 5.15 Å². The lowest BCUT2D eigenvalue weighted by atomic mass is 10.3. The molecular formula is C11H11ClF6N2O. The van der Waals surface area contributed by atoms with Crippen LogP contribution in [0, 0.1) is 6.92 Å². The van der Waals surface area contributed by atoms with Gasteiger partial charge in [-0.15, -0.1) is 0 Å². The van der Waals surface area contributed by atoms with Crippen LogP contribution in [-0.2, 0) is 6.42 Å². The van der Waals surface area contributed by atoms with Gasteiger partial charge in [-0.3, -0.25) is 0 Å². The lowest BCUT2D eigenvalue weighted by Gasteiger charge is -2.24. The van der Waals surface area contributed by atoms with Gasteiger partial charge >= 0.3 is 12.4 Å². The molecule has 0 atom stereocenters. The SMILES string of the molecule is CCCc1nc(Cl)c(C)c(OC(C(F)(F)F)C(F)(F)F)n1. The highest BCUT2D eigenvalue weighted by atomic mass is 35.5. The third-order valence-corrected chi connectivity index (χ3v) is 2.75. The van der Waals surface area contributed by atoms with Crippen molar-refractivity contribution in [1.29, 1.82) is 0 Å². The molecule has 0 N–H and O–H groups in total. The molecule has 0 aliphatic rings. The number of rotatable bonds is 4. The molecule has 0 unspecified atom stereocenters. The first-order valence-corrected chi connectivity index (χ1v) is 6.17. The molecule has 3 nitrogen and oxygen atoms in total. The highest BCUT2D eigenvalue weighted by molar-refractivity contribution is 6.30. The van der Waals surface area contributed by atoms with E-state index in [4.69, 9.17) is 11.6 Å². The number of ether oxygens (including phenoxy) is 1. The number of hydrogen-bond donors (Lipinski definition) is 0. The predicted octanol–water partition coefficient (Wildman–Crippen LogP) is 4.26. The van der Waals surface area contributed by atoms with Crippen molar-refractivity contribution >= 4 is 11.6 Å². The summed E-state index contributed by atoms with van der Waals surface area (Å²) in [6.07, 6.45) is -14.4. The maximum atomic E-state index is 12.5. The van der Waals surface area contributed by atoms with Gasteiger partial charge in [0.1, 0.15) is 11.0 Å². The summed E-state index contributed by atoms with van der Waals surface area (Å²) in [5.74, 6) is -0.802. The highest BCUT2D eigenvalue weighted by Crippen LogP contribution is 2.37. The van der Waals surface area contributed by atoms with Gasteiger partial charge in [0.25, 0.3) is 6.10 Å². The number of nitrogens with zero attached hydrogens (tertiary/aromatic N) is 2. The number of alkyl halides is 6. The average Bonchev–Trinajstić information content (AvgIpc) is 2.28. The van der Waals surface area contributed by atoms with Gasteiger partial charge in [-0.1, -0.05) is 18.5 Å². The summed E-state index contributed by atoms with van der Waals surface area (Å²) in [4.78, 5) is 7.34. The smallest absolute Gasteiger partial charge is 0.434 e. The molecule has 10 heteroatoms. The summed E-state index contributed by atoms with van der Waals surface area (Å²) >= 11 is 5.67. The topological polar surface area (TPSA) is 35.0 Å². The number of hydrogen-bond acceptors (Lipinski definition) is 3. The summed E-state index contributed by atoms with van der Waals surface area (Å²) < 4.78 is 78.8. The van der Waals surface area contributed by atoms with Gasteiger partial charge in [0.05, 0.1) is 0 Å². The third-order valence-electron chi connectivity index (χ3n) is 2.39. The lowest BCUT2D eigenvalue weighted by molar-refractivity contribution is -0.300. The molecule has 0 aliphatic carbocycles. The minimum atomic E-state index is -5.62. The maximum Gasteiger partial charge on any atom is 0.434 e. The quantitative estimate of drug-likeness (QED) is 0.608. The van der Waals surface area contributed by atoms with E-state index >= 15 is 0 Å². The second-order valence-corrected chi connectivity index (χ2v) is 4.55. The van der Waals surface area contributed by atoms with Crippen LogP contribution in [-0.4, -0.2) is 28.4 Å². The van der Waals surface area contributed by atoms with Crippen molar-refractivity contribution in [3.05, 3.63) is 16.5 Å². The van der Waals surface area contributed by atoms with Crippen LogP contribution in [0.4, 0.5) is 26.3 Å². The van der Waals surface area contributed by atoms with Gasteiger partial charge in [0, 0.05) is 12.0 Å². The fourth-order valence-electron chi connectivity index (χ4n) is 1.39. The van der Waals surface area contributed by atoms with E-state index in [-0.39, 0.29) is 23.0 Å². The zero-order chi connectivity index (χ0) is 16.4. The van der Waals surface area contributed by atoms with Gasteiger partial charge in [0.2, 0.25) is 5.88 Å². The van der Waals surface area contributed by atoms with Crippen molar-refractivity contribution in [3.8, 4) is 5.88 Å². The van der Waals surface area contributed by atoms with E-state index in [1.165, 1.54) is 6.92 Å². The Morgan fingerprint density at radius 1 is 1.10 bits per heavy atom. The molecule has 120 valence electrons. The minimum absolute atomic E-state index is 0.0196. The molecule has 1 rings (SSSR count). The van der Waals surface area contributed by atoms with E-state index < -0.39 is 24.3 Å². The summed E-state index contributed by atoms with van der Waals surface area (Å²) in [5, 5.41) is -0.244. The van der Waals surface area contributed by atoms with E-state index in [0.717, 1.165) is 0 Å². The molecular weight excluding hydrogens is 326 g/mol. The van der Waals surface area contributed by atoms with Gasteiger partial charge < -0.3 is 4.74 Å². The molecule has 1 aromatic rings. The van der Waals surface area contributed by atoms with Crippen molar-refractivity contribution in [3.63, 3.8) is 0 Å². The Balaban J connectivity index is 3.20. The lowest BCUT2D eigenvalue weighted by Crippen LogP contribution is -2.46. The summed E-state index contributed by atoms with van der Waals surface area (Å²) in [6, 6.07) is 0. The normalized spacial score (nSPS) is 12.9. The van der Waals surface area contributed by atoms with Crippen LogP contribution in [0.25, 0.3) is 0 Å². The molecule has 0 fully saturated rings. The highest BCUT2D eigenvalue weighted by Gasteiger charge is 2.59. The van der Waals surface area contributed by atoms with Crippen LogP contribution in [0.1, 0.15) is 24.7 Å². The monoisotopic (exact) mass is 336 g/mol. The first-order chi connectivity index (χ1) is 9.46. The van der Waals surface area contributed by atoms with E-state index in [1.807, 2.05) is 0 Å². The van der Waals surface area contributed by atoms with Crippen molar-refractivity contribution < 1.29 is 31.1 Å². The van der Waals surface area contributed by atoms with E-state index in [1.54, 1.807) is 6.92 Å². The first kappa shape index (κ1) is 17.8. The number of aryl methyl sites for hydroxylation is 1. The third kappa shape index (κ3) is 4.62. The van der Waals surface area contributed by atoms with Crippen LogP contribution < -0.4 is 4.74 Å². The summed E-state index contributed by atoms with van der Waals surface area (Å²) in [6.45, 7) is 2.92. The fraction of sp³-hybridized carbons (Fsp3) is 0.636. The van der Waals surface area contributed by atoms with Crippen LogP contribution in [0.3, 0.4) is 0 Å². The molecule has 0 saturated heterocycles. The number of aromatic nitrogens is 2. The van der Waals surface area contributed by atoms with Crippen molar-refractivity contribution in [2.75, 3.05) is 0 Å². The van der Waals surface area contributed by atoms with Crippen molar-refractivity contribution in [2.45, 2.75) is 45.1 Å². The molecule has 0 spiro atoms. The number of halogens is 7. The Morgan fingerprint density at radius 2 is 1.62 bits per heavy atom. The average molecular weight is 337 g/mol. The molecule has 21 heavy (non-hydrogen) atoms. The minimum Gasteiger partial charge on any atom is -0.454 e. The molecule has 0 amide bonds. The van der Waals surface area contributed by atoms with E-state index in [9.17, 15) is 26.3 Å². The molecule has 0 aliphatic heterocycles. The zero-order valence-electron chi connectivity index (χ0n) is 10.9. The maximum absolute atomic E-state index is 12.5. The Kier molecular flexibility index (Phi) is 5.30. The largest absolute Gasteiger partial charge is 0.454 e. The van der Waals surface area contributed by atoms with Crippen LogP contribution >= 0.6 is 11.6 Å². The zero-order valence-corrected chi connectivity index (χ0v) is 11.7. The van der Waals surface area contributed by atoms with Gasteiger partial charge in [-0.2, -0.15) is 31.3 Å².